The number of rotatable bonds is 5. The first-order valence-electron chi connectivity index (χ1n) is 11.6. The van der Waals surface area contributed by atoms with Crippen molar-refractivity contribution in [3.05, 3.63) is 90.2 Å². The molecule has 6 heteroatoms. The molecule has 2 heterocycles. The molecular weight excluding hydrogens is 429 g/mol. The number of ether oxygens (including phenoxy) is 1. The number of hydrogen-bond acceptors (Lipinski definition) is 4. The molecule has 1 aliphatic heterocycles. The second-order valence-electron chi connectivity index (χ2n) is 8.26. The van der Waals surface area contributed by atoms with E-state index < -0.39 is 0 Å². The minimum atomic E-state index is -0.234. The molecule has 1 saturated heterocycles. The van der Waals surface area contributed by atoms with Gasteiger partial charge in [0.1, 0.15) is 11.6 Å². The normalized spacial score (nSPS) is 13.8. The molecule has 0 N–H and O–H groups in total. The molecule has 0 spiro atoms. The van der Waals surface area contributed by atoms with Crippen molar-refractivity contribution in [1.82, 2.24) is 9.88 Å². The van der Waals surface area contributed by atoms with E-state index in [0.717, 1.165) is 27.9 Å². The molecule has 0 saturated carbocycles. The number of fused-ring (bicyclic) bond motifs is 1. The molecule has 3 aromatic carbocycles. The van der Waals surface area contributed by atoms with Crippen LogP contribution in [0.15, 0.2) is 78.9 Å². The van der Waals surface area contributed by atoms with Gasteiger partial charge in [-0.05, 0) is 55.5 Å². The lowest BCUT2D eigenvalue weighted by Crippen LogP contribution is -2.49. The van der Waals surface area contributed by atoms with Crippen molar-refractivity contribution in [2.24, 2.45) is 0 Å². The van der Waals surface area contributed by atoms with Gasteiger partial charge in [-0.1, -0.05) is 30.3 Å². The average Bonchev–Trinajstić information content (AvgIpc) is 2.89. The summed E-state index contributed by atoms with van der Waals surface area (Å²) in [5, 5.41) is 0.832. The molecule has 1 aliphatic rings. The number of benzene rings is 3. The fourth-order valence-corrected chi connectivity index (χ4v) is 4.42. The predicted octanol–water partition coefficient (Wildman–Crippen LogP) is 5.40. The molecule has 4 aromatic rings. The zero-order valence-corrected chi connectivity index (χ0v) is 19.1. The standard InChI is InChI=1S/C28H26FN3O2/c1-2-34-21-13-11-20(12-14-21)26-19-23(22-7-3-5-9-25(22)30-26)28(33)32-17-15-31(16-18-32)27-10-6-4-8-24(27)29/h3-14,19H,2,15-18H2,1H3. The van der Waals surface area contributed by atoms with E-state index in [1.807, 2.05) is 77.4 Å². The van der Waals surface area contributed by atoms with Crippen LogP contribution in [0.1, 0.15) is 17.3 Å². The van der Waals surface area contributed by atoms with Gasteiger partial charge in [-0.25, -0.2) is 9.37 Å². The summed E-state index contributed by atoms with van der Waals surface area (Å²) >= 11 is 0. The van der Waals surface area contributed by atoms with E-state index in [1.54, 1.807) is 12.1 Å². The molecule has 5 nitrogen and oxygen atoms in total. The highest BCUT2D eigenvalue weighted by molar-refractivity contribution is 6.07. The molecule has 0 aliphatic carbocycles. The van der Waals surface area contributed by atoms with Crippen molar-refractivity contribution in [2.45, 2.75) is 6.92 Å². The largest absolute Gasteiger partial charge is 0.494 e. The molecule has 0 bridgehead atoms. The van der Waals surface area contributed by atoms with Crippen LogP contribution in [-0.2, 0) is 0 Å². The molecule has 172 valence electrons. The topological polar surface area (TPSA) is 45.7 Å². The molecule has 0 unspecified atom stereocenters. The van der Waals surface area contributed by atoms with Gasteiger partial charge in [0.25, 0.3) is 5.91 Å². The molecule has 0 radical (unpaired) electrons. The number of pyridine rings is 1. The Morgan fingerprint density at radius 3 is 2.38 bits per heavy atom. The number of amides is 1. The van der Waals surface area contributed by atoms with Crippen LogP contribution in [0.5, 0.6) is 5.75 Å². The second kappa shape index (κ2) is 9.51. The summed E-state index contributed by atoms with van der Waals surface area (Å²) in [5.41, 5.74) is 3.67. The Bertz CT molecular complexity index is 1320. The van der Waals surface area contributed by atoms with Crippen molar-refractivity contribution in [3.63, 3.8) is 0 Å². The van der Waals surface area contributed by atoms with Crippen molar-refractivity contribution in [3.8, 4) is 17.0 Å². The lowest BCUT2D eigenvalue weighted by Gasteiger charge is -2.36. The minimum Gasteiger partial charge on any atom is -0.494 e. The number of aromatic nitrogens is 1. The summed E-state index contributed by atoms with van der Waals surface area (Å²) in [6, 6.07) is 24.1. The molecule has 1 aromatic heterocycles. The van der Waals surface area contributed by atoms with Gasteiger partial charge in [0.15, 0.2) is 0 Å². The van der Waals surface area contributed by atoms with Crippen LogP contribution in [0.4, 0.5) is 10.1 Å². The van der Waals surface area contributed by atoms with Crippen LogP contribution in [0.25, 0.3) is 22.2 Å². The highest BCUT2D eigenvalue weighted by Crippen LogP contribution is 2.28. The Kier molecular flexibility index (Phi) is 6.12. The first-order valence-corrected chi connectivity index (χ1v) is 11.6. The van der Waals surface area contributed by atoms with Gasteiger partial charge >= 0.3 is 0 Å². The summed E-state index contributed by atoms with van der Waals surface area (Å²) in [6.45, 7) is 4.79. The van der Waals surface area contributed by atoms with Crippen LogP contribution < -0.4 is 9.64 Å². The van der Waals surface area contributed by atoms with Gasteiger partial charge in [-0.15, -0.1) is 0 Å². The van der Waals surface area contributed by atoms with E-state index in [4.69, 9.17) is 9.72 Å². The maximum absolute atomic E-state index is 14.2. The monoisotopic (exact) mass is 455 g/mol. The minimum absolute atomic E-state index is 0.0287. The van der Waals surface area contributed by atoms with E-state index in [0.29, 0.717) is 44.0 Å². The molecule has 5 rings (SSSR count). The Hall–Kier alpha value is -3.93. The van der Waals surface area contributed by atoms with E-state index in [-0.39, 0.29) is 11.7 Å². The Morgan fingerprint density at radius 1 is 0.941 bits per heavy atom. The van der Waals surface area contributed by atoms with Crippen LogP contribution in [0, 0.1) is 5.82 Å². The smallest absolute Gasteiger partial charge is 0.254 e. The maximum Gasteiger partial charge on any atom is 0.254 e. The van der Waals surface area contributed by atoms with Crippen LogP contribution in [-0.4, -0.2) is 48.6 Å². The number of anilines is 1. The number of nitrogens with zero attached hydrogens (tertiary/aromatic N) is 3. The van der Waals surface area contributed by atoms with E-state index in [1.165, 1.54) is 6.07 Å². The fraction of sp³-hybridized carbons (Fsp3) is 0.214. The van der Waals surface area contributed by atoms with Crippen LogP contribution in [0.2, 0.25) is 0 Å². The van der Waals surface area contributed by atoms with Crippen molar-refractivity contribution in [2.75, 3.05) is 37.7 Å². The molecule has 1 fully saturated rings. The number of carbonyl (C=O) groups is 1. The number of hydrogen-bond donors (Lipinski definition) is 0. The Labute approximate surface area is 198 Å². The lowest BCUT2D eigenvalue weighted by atomic mass is 10.0. The zero-order chi connectivity index (χ0) is 23.5. The summed E-state index contributed by atoms with van der Waals surface area (Å²) in [7, 11) is 0. The van der Waals surface area contributed by atoms with E-state index >= 15 is 0 Å². The van der Waals surface area contributed by atoms with Gasteiger partial charge in [0.05, 0.1) is 29.1 Å². The number of carbonyl (C=O) groups excluding carboxylic acids is 1. The number of piperazine rings is 1. The Balaban J connectivity index is 1.42. The molecule has 1 amide bonds. The van der Waals surface area contributed by atoms with Crippen molar-refractivity contribution < 1.29 is 13.9 Å². The van der Waals surface area contributed by atoms with Crippen molar-refractivity contribution >= 4 is 22.5 Å². The van der Waals surface area contributed by atoms with Gasteiger partial charge in [-0.3, -0.25) is 4.79 Å². The maximum atomic E-state index is 14.2. The highest BCUT2D eigenvalue weighted by Gasteiger charge is 2.25. The van der Waals surface area contributed by atoms with E-state index in [9.17, 15) is 9.18 Å². The third kappa shape index (κ3) is 4.31. The van der Waals surface area contributed by atoms with Gasteiger partial charge < -0.3 is 14.5 Å². The Morgan fingerprint density at radius 2 is 1.65 bits per heavy atom. The summed E-state index contributed by atoms with van der Waals surface area (Å²) in [6.07, 6.45) is 0. The van der Waals surface area contributed by atoms with Gasteiger partial charge in [-0.2, -0.15) is 0 Å². The molecule has 0 atom stereocenters. The summed E-state index contributed by atoms with van der Waals surface area (Å²) in [4.78, 5) is 22.3. The second-order valence-corrected chi connectivity index (χ2v) is 8.26. The lowest BCUT2D eigenvalue weighted by molar-refractivity contribution is 0.0748. The summed E-state index contributed by atoms with van der Waals surface area (Å²) in [5.74, 6) is 0.539. The van der Waals surface area contributed by atoms with Crippen LogP contribution in [0.3, 0.4) is 0 Å². The third-order valence-corrected chi connectivity index (χ3v) is 6.17. The fourth-order valence-electron chi connectivity index (χ4n) is 4.42. The number of halogens is 1. The molecule has 34 heavy (non-hydrogen) atoms. The first-order chi connectivity index (χ1) is 16.6. The predicted molar refractivity (Wildman–Crippen MR) is 133 cm³/mol. The quantitative estimate of drug-likeness (QED) is 0.404. The molecular formula is C28H26FN3O2. The third-order valence-electron chi connectivity index (χ3n) is 6.17. The first kappa shape index (κ1) is 21.9. The van der Waals surface area contributed by atoms with E-state index in [2.05, 4.69) is 0 Å². The number of para-hydroxylation sites is 2. The van der Waals surface area contributed by atoms with Crippen molar-refractivity contribution in [1.29, 1.82) is 0 Å². The highest BCUT2D eigenvalue weighted by atomic mass is 19.1. The summed E-state index contributed by atoms with van der Waals surface area (Å²) < 4.78 is 19.8. The van der Waals surface area contributed by atoms with Gasteiger partial charge in [0.2, 0.25) is 0 Å². The zero-order valence-electron chi connectivity index (χ0n) is 19.1. The average molecular weight is 456 g/mol. The van der Waals surface area contributed by atoms with Gasteiger partial charge in [0, 0.05) is 37.1 Å². The van der Waals surface area contributed by atoms with Crippen LogP contribution >= 0.6 is 0 Å². The SMILES string of the molecule is CCOc1ccc(-c2cc(C(=O)N3CCN(c4ccccc4F)CC3)c3ccccc3n2)cc1.